The Labute approximate surface area is 137 Å². The van der Waals surface area contributed by atoms with Crippen molar-refractivity contribution in [3.63, 3.8) is 0 Å². The molecule has 0 saturated carbocycles. The van der Waals surface area contributed by atoms with E-state index in [0.717, 1.165) is 17.1 Å². The molecule has 124 valence electrons. The summed E-state index contributed by atoms with van der Waals surface area (Å²) in [5.74, 6) is 1.52. The lowest BCUT2D eigenvalue weighted by molar-refractivity contribution is -0.123. The summed E-state index contributed by atoms with van der Waals surface area (Å²) in [4.78, 5) is 12.0. The summed E-state index contributed by atoms with van der Waals surface area (Å²) in [6, 6.07) is 11.2. The molecule has 0 radical (unpaired) electrons. The highest BCUT2D eigenvalue weighted by Crippen LogP contribution is 2.14. The summed E-state index contributed by atoms with van der Waals surface area (Å²) in [6.07, 6.45) is 1.74. The van der Waals surface area contributed by atoms with Gasteiger partial charge in [-0.25, -0.2) is 0 Å². The van der Waals surface area contributed by atoms with E-state index < -0.39 is 0 Å². The van der Waals surface area contributed by atoms with E-state index in [2.05, 4.69) is 10.6 Å². The van der Waals surface area contributed by atoms with Crippen LogP contribution in [-0.4, -0.2) is 18.1 Å². The lowest BCUT2D eigenvalue weighted by Crippen LogP contribution is -2.41. The Morgan fingerprint density at radius 3 is 2.70 bits per heavy atom. The van der Waals surface area contributed by atoms with E-state index in [9.17, 15) is 4.79 Å². The number of nitrogens with one attached hydrogen (secondary N) is 2. The monoisotopic (exact) mass is 316 g/mol. The van der Waals surface area contributed by atoms with Crippen molar-refractivity contribution in [2.45, 2.75) is 46.0 Å². The first-order valence-corrected chi connectivity index (χ1v) is 7.83. The molecule has 0 bridgehead atoms. The van der Waals surface area contributed by atoms with E-state index in [0.29, 0.717) is 13.1 Å². The van der Waals surface area contributed by atoms with Crippen molar-refractivity contribution in [3.8, 4) is 5.75 Å². The number of furan rings is 1. The van der Waals surface area contributed by atoms with Crippen molar-refractivity contribution in [1.29, 1.82) is 0 Å². The fourth-order valence-corrected chi connectivity index (χ4v) is 2.11. The van der Waals surface area contributed by atoms with Crippen LogP contribution < -0.4 is 15.4 Å². The summed E-state index contributed by atoms with van der Waals surface area (Å²) < 4.78 is 10.9. The van der Waals surface area contributed by atoms with Crippen LogP contribution in [0.3, 0.4) is 0 Å². The molecule has 1 atom stereocenters. The largest absolute Gasteiger partial charge is 0.491 e. The molecule has 1 aromatic carbocycles. The lowest BCUT2D eigenvalue weighted by Gasteiger charge is -2.15. The molecule has 0 aliphatic rings. The molecule has 23 heavy (non-hydrogen) atoms. The molecule has 5 heteroatoms. The van der Waals surface area contributed by atoms with Crippen molar-refractivity contribution >= 4 is 5.91 Å². The molecular weight excluding hydrogens is 292 g/mol. The number of ether oxygens (including phenoxy) is 1. The second-order valence-corrected chi connectivity index (χ2v) is 5.71. The van der Waals surface area contributed by atoms with Gasteiger partial charge >= 0.3 is 0 Å². The van der Waals surface area contributed by atoms with E-state index in [1.807, 2.05) is 51.1 Å². The third kappa shape index (κ3) is 5.79. The normalized spacial score (nSPS) is 12.2. The molecule has 2 rings (SSSR count). The van der Waals surface area contributed by atoms with Crippen molar-refractivity contribution in [2.75, 3.05) is 0 Å². The molecule has 0 saturated heterocycles. The van der Waals surface area contributed by atoms with Gasteiger partial charge < -0.3 is 19.8 Å². The van der Waals surface area contributed by atoms with E-state index in [1.165, 1.54) is 0 Å². The maximum atomic E-state index is 12.0. The van der Waals surface area contributed by atoms with Crippen molar-refractivity contribution in [3.05, 3.63) is 54.0 Å². The molecule has 1 aromatic heterocycles. The first kappa shape index (κ1) is 17.1. The molecular formula is C18H24N2O3. The van der Waals surface area contributed by atoms with Crippen LogP contribution in [0.5, 0.6) is 5.75 Å². The maximum absolute atomic E-state index is 12.0. The summed E-state index contributed by atoms with van der Waals surface area (Å²) in [5.41, 5.74) is 1.08. The molecule has 1 amide bonds. The van der Waals surface area contributed by atoms with Gasteiger partial charge in [0, 0.05) is 6.54 Å². The van der Waals surface area contributed by atoms with Crippen LogP contribution in [-0.2, 0) is 17.9 Å². The molecule has 2 aromatic rings. The molecule has 1 unspecified atom stereocenters. The van der Waals surface area contributed by atoms with Crippen LogP contribution in [0.4, 0.5) is 0 Å². The Balaban J connectivity index is 1.79. The zero-order valence-electron chi connectivity index (χ0n) is 13.8. The Hall–Kier alpha value is -2.27. The zero-order valence-corrected chi connectivity index (χ0v) is 13.8. The zero-order chi connectivity index (χ0) is 16.7. The van der Waals surface area contributed by atoms with E-state index in [1.54, 1.807) is 12.3 Å². The van der Waals surface area contributed by atoms with Gasteiger partial charge in [0.2, 0.25) is 5.91 Å². The van der Waals surface area contributed by atoms with Gasteiger partial charge in [-0.05, 0) is 50.6 Å². The summed E-state index contributed by atoms with van der Waals surface area (Å²) >= 11 is 0. The minimum atomic E-state index is -0.292. The second-order valence-electron chi connectivity index (χ2n) is 5.71. The van der Waals surface area contributed by atoms with Gasteiger partial charge in [-0.3, -0.25) is 4.79 Å². The number of hydrogen-bond acceptors (Lipinski definition) is 4. The van der Waals surface area contributed by atoms with Crippen LogP contribution in [0.25, 0.3) is 0 Å². The van der Waals surface area contributed by atoms with Crippen molar-refractivity contribution in [2.24, 2.45) is 0 Å². The number of hydrogen-bond donors (Lipinski definition) is 2. The second kappa shape index (κ2) is 8.39. The van der Waals surface area contributed by atoms with Gasteiger partial charge in [-0.15, -0.1) is 0 Å². The Bertz CT molecular complexity index is 608. The van der Waals surface area contributed by atoms with Gasteiger partial charge in [-0.1, -0.05) is 12.1 Å². The van der Waals surface area contributed by atoms with Gasteiger partial charge in [-0.2, -0.15) is 0 Å². The summed E-state index contributed by atoms with van der Waals surface area (Å²) in [7, 11) is 0. The number of amides is 1. The third-order valence-electron chi connectivity index (χ3n) is 3.29. The highest BCUT2D eigenvalue weighted by atomic mass is 16.5. The molecule has 0 aliphatic carbocycles. The highest BCUT2D eigenvalue weighted by Gasteiger charge is 2.12. The number of carbonyl (C=O) groups excluding carboxylic acids is 1. The van der Waals surface area contributed by atoms with Crippen LogP contribution in [0.1, 0.15) is 32.1 Å². The number of carbonyl (C=O) groups is 1. The summed E-state index contributed by atoms with van der Waals surface area (Å²) in [6.45, 7) is 6.83. The SMILES string of the molecule is CC(C)Oc1cccc(CNC(C)C(=O)NCc2ccco2)c1. The number of benzene rings is 1. The molecule has 0 fully saturated rings. The predicted octanol–water partition coefficient (Wildman–Crippen LogP) is 2.86. The Kier molecular flexibility index (Phi) is 6.23. The molecule has 0 aliphatic heterocycles. The quantitative estimate of drug-likeness (QED) is 0.786. The molecule has 1 heterocycles. The molecule has 0 spiro atoms. The van der Waals surface area contributed by atoms with Crippen LogP contribution in [0, 0.1) is 0 Å². The van der Waals surface area contributed by atoms with E-state index in [-0.39, 0.29) is 18.1 Å². The van der Waals surface area contributed by atoms with E-state index in [4.69, 9.17) is 9.15 Å². The standard InChI is InChI=1S/C18H24N2O3/c1-13(2)23-16-7-4-6-15(10-16)11-19-14(3)18(21)20-12-17-8-5-9-22-17/h4-10,13-14,19H,11-12H2,1-3H3,(H,20,21). The fraction of sp³-hybridized carbons (Fsp3) is 0.389. The van der Waals surface area contributed by atoms with Crippen LogP contribution in [0.2, 0.25) is 0 Å². The van der Waals surface area contributed by atoms with Crippen LogP contribution in [0.15, 0.2) is 47.1 Å². The minimum absolute atomic E-state index is 0.0593. The molecule has 2 N–H and O–H groups in total. The molecule has 5 nitrogen and oxygen atoms in total. The smallest absolute Gasteiger partial charge is 0.237 e. The average Bonchev–Trinajstić information content (AvgIpc) is 3.03. The van der Waals surface area contributed by atoms with Crippen molar-refractivity contribution in [1.82, 2.24) is 10.6 Å². The third-order valence-corrected chi connectivity index (χ3v) is 3.29. The minimum Gasteiger partial charge on any atom is -0.491 e. The average molecular weight is 316 g/mol. The fourth-order valence-electron chi connectivity index (χ4n) is 2.11. The van der Waals surface area contributed by atoms with E-state index >= 15 is 0 Å². The summed E-state index contributed by atoms with van der Waals surface area (Å²) in [5, 5.41) is 6.05. The maximum Gasteiger partial charge on any atom is 0.237 e. The van der Waals surface area contributed by atoms with Gasteiger partial charge in [0.05, 0.1) is 25.0 Å². The first-order valence-electron chi connectivity index (χ1n) is 7.83. The Morgan fingerprint density at radius 1 is 1.17 bits per heavy atom. The van der Waals surface area contributed by atoms with Gasteiger partial charge in [0.15, 0.2) is 0 Å². The first-order chi connectivity index (χ1) is 11.0. The highest BCUT2D eigenvalue weighted by molar-refractivity contribution is 5.81. The van der Waals surface area contributed by atoms with Gasteiger partial charge in [0.1, 0.15) is 11.5 Å². The van der Waals surface area contributed by atoms with Gasteiger partial charge in [0.25, 0.3) is 0 Å². The Morgan fingerprint density at radius 2 is 2.00 bits per heavy atom. The van der Waals surface area contributed by atoms with Crippen molar-refractivity contribution < 1.29 is 13.9 Å². The van der Waals surface area contributed by atoms with Crippen LogP contribution >= 0.6 is 0 Å². The predicted molar refractivity (Wildman–Crippen MR) is 89.1 cm³/mol. The topological polar surface area (TPSA) is 63.5 Å². The number of rotatable bonds is 8. The lowest BCUT2D eigenvalue weighted by atomic mass is 10.2.